The Balaban J connectivity index is 1.68. The lowest BCUT2D eigenvalue weighted by Gasteiger charge is -2.12. The summed E-state index contributed by atoms with van der Waals surface area (Å²) in [6.07, 6.45) is 5.06. The van der Waals surface area contributed by atoms with Gasteiger partial charge in [-0.05, 0) is 49.4 Å². The minimum atomic E-state index is -3.38. The van der Waals surface area contributed by atoms with E-state index in [1.165, 1.54) is 0 Å². The van der Waals surface area contributed by atoms with Gasteiger partial charge in [0, 0.05) is 29.9 Å². The van der Waals surface area contributed by atoms with Crippen molar-refractivity contribution in [1.82, 2.24) is 14.5 Å². The highest BCUT2D eigenvalue weighted by molar-refractivity contribution is 7.92. The highest BCUT2D eigenvalue weighted by Gasteiger charge is 2.23. The van der Waals surface area contributed by atoms with Gasteiger partial charge in [0.2, 0.25) is 16.0 Å². The van der Waals surface area contributed by atoms with Gasteiger partial charge in [-0.1, -0.05) is 6.07 Å². The summed E-state index contributed by atoms with van der Waals surface area (Å²) < 4.78 is 27.3. The minimum Gasteiger partial charge on any atom is -0.324 e. The number of sulfonamides is 1. The molecule has 1 fully saturated rings. The van der Waals surface area contributed by atoms with Crippen LogP contribution in [0.5, 0.6) is 0 Å². The smallest absolute Gasteiger partial charge is 0.252 e. The summed E-state index contributed by atoms with van der Waals surface area (Å²) in [5.74, 6) is 0.883. The highest BCUT2D eigenvalue weighted by atomic mass is 32.2. The van der Waals surface area contributed by atoms with Gasteiger partial charge < -0.3 is 5.32 Å². The predicted octanol–water partition coefficient (Wildman–Crippen LogP) is 2.63. The third-order valence-corrected chi connectivity index (χ3v) is 5.24. The first-order valence-electron chi connectivity index (χ1n) is 9.00. The van der Waals surface area contributed by atoms with Crippen molar-refractivity contribution in [2.24, 2.45) is 5.92 Å². The second-order valence-corrected chi connectivity index (χ2v) is 8.98. The van der Waals surface area contributed by atoms with Gasteiger partial charge in [0.05, 0.1) is 11.9 Å². The molecule has 8 nitrogen and oxygen atoms in total. The number of aromatic nitrogens is 3. The minimum absolute atomic E-state index is 0.0703. The van der Waals surface area contributed by atoms with E-state index in [0.717, 1.165) is 30.0 Å². The van der Waals surface area contributed by atoms with Crippen LogP contribution in [0.15, 0.2) is 41.3 Å². The fraction of sp³-hybridized carbons (Fsp3) is 0.316. The van der Waals surface area contributed by atoms with Gasteiger partial charge in [0.1, 0.15) is 5.65 Å². The summed E-state index contributed by atoms with van der Waals surface area (Å²) in [6.45, 7) is 2.49. The lowest BCUT2D eigenvalue weighted by Crippen LogP contribution is -2.21. The number of nitrogens with one attached hydrogen (secondary N) is 2. The Morgan fingerprint density at radius 3 is 2.71 bits per heavy atom. The van der Waals surface area contributed by atoms with Crippen LogP contribution in [0.3, 0.4) is 0 Å². The van der Waals surface area contributed by atoms with Crippen molar-refractivity contribution in [3.8, 4) is 0 Å². The molecule has 146 valence electrons. The third-order valence-electron chi connectivity index (χ3n) is 4.65. The number of rotatable bonds is 6. The lowest BCUT2D eigenvalue weighted by atomic mass is 10.2. The van der Waals surface area contributed by atoms with Gasteiger partial charge in [0.15, 0.2) is 0 Å². The second-order valence-electron chi connectivity index (χ2n) is 7.23. The number of benzene rings is 1. The van der Waals surface area contributed by atoms with Crippen LogP contribution in [-0.2, 0) is 16.6 Å². The Hall–Kier alpha value is -2.94. The van der Waals surface area contributed by atoms with Crippen molar-refractivity contribution in [1.29, 1.82) is 0 Å². The standard InChI is InChI=1S/C19H21N5O3S/c1-12-3-7-15(9-16(12)23-28(2,26)27)21-19-20-10-14-6-8-17(25)24(18(14)22-19)11-13-4-5-13/h3,6-10,13,23H,4-5,11H2,1-2H3,(H,20,21,22). The zero-order valence-electron chi connectivity index (χ0n) is 15.6. The number of aryl methyl sites for hydroxylation is 1. The van der Waals surface area contributed by atoms with Crippen LogP contribution in [0.2, 0.25) is 0 Å². The van der Waals surface area contributed by atoms with Crippen molar-refractivity contribution in [3.63, 3.8) is 0 Å². The van der Waals surface area contributed by atoms with Crippen molar-refractivity contribution in [2.45, 2.75) is 26.3 Å². The largest absolute Gasteiger partial charge is 0.324 e. The van der Waals surface area contributed by atoms with Crippen LogP contribution in [0.4, 0.5) is 17.3 Å². The van der Waals surface area contributed by atoms with E-state index in [-0.39, 0.29) is 5.56 Å². The first-order chi connectivity index (χ1) is 13.3. The molecule has 0 aliphatic heterocycles. The Bertz CT molecular complexity index is 1220. The number of hydrogen-bond acceptors (Lipinski definition) is 6. The molecule has 9 heteroatoms. The van der Waals surface area contributed by atoms with Crippen LogP contribution in [0.1, 0.15) is 18.4 Å². The van der Waals surface area contributed by atoms with E-state index in [0.29, 0.717) is 35.4 Å². The Labute approximate surface area is 162 Å². The van der Waals surface area contributed by atoms with E-state index in [2.05, 4.69) is 20.0 Å². The molecule has 0 spiro atoms. The topological polar surface area (TPSA) is 106 Å². The maximum absolute atomic E-state index is 12.3. The summed E-state index contributed by atoms with van der Waals surface area (Å²) in [5.41, 5.74) is 2.45. The van der Waals surface area contributed by atoms with Gasteiger partial charge in [-0.15, -0.1) is 0 Å². The molecule has 3 aromatic rings. The van der Waals surface area contributed by atoms with E-state index >= 15 is 0 Å². The van der Waals surface area contributed by atoms with E-state index in [4.69, 9.17) is 0 Å². The Kier molecular flexibility index (Phi) is 4.54. The molecule has 28 heavy (non-hydrogen) atoms. The number of nitrogens with zero attached hydrogens (tertiary/aromatic N) is 3. The first kappa shape index (κ1) is 18.4. The highest BCUT2D eigenvalue weighted by Crippen LogP contribution is 2.31. The number of anilines is 3. The molecule has 4 rings (SSSR count). The molecule has 2 aromatic heterocycles. The summed E-state index contributed by atoms with van der Waals surface area (Å²) in [6, 6.07) is 8.58. The molecule has 0 atom stereocenters. The van der Waals surface area contributed by atoms with Crippen LogP contribution in [0, 0.1) is 12.8 Å². The van der Waals surface area contributed by atoms with Gasteiger partial charge in [0.25, 0.3) is 5.56 Å². The van der Waals surface area contributed by atoms with Crippen LogP contribution in [-0.4, -0.2) is 29.2 Å². The molecule has 1 aromatic carbocycles. The molecule has 0 bridgehead atoms. The van der Waals surface area contributed by atoms with Crippen molar-refractivity contribution in [3.05, 3.63) is 52.4 Å². The fourth-order valence-electron chi connectivity index (χ4n) is 3.01. The summed E-state index contributed by atoms with van der Waals surface area (Å²) in [4.78, 5) is 21.2. The third kappa shape index (κ3) is 4.14. The molecule has 1 aliphatic carbocycles. The molecule has 1 aliphatic rings. The van der Waals surface area contributed by atoms with Crippen LogP contribution < -0.4 is 15.6 Å². The van der Waals surface area contributed by atoms with E-state index in [1.807, 2.05) is 13.0 Å². The average molecular weight is 399 g/mol. The Morgan fingerprint density at radius 1 is 1.21 bits per heavy atom. The number of pyridine rings is 1. The average Bonchev–Trinajstić information content (AvgIpc) is 3.43. The summed E-state index contributed by atoms with van der Waals surface area (Å²) in [7, 11) is -3.38. The number of hydrogen-bond donors (Lipinski definition) is 2. The van der Waals surface area contributed by atoms with E-state index in [9.17, 15) is 13.2 Å². The molecular weight excluding hydrogens is 378 g/mol. The van der Waals surface area contributed by atoms with E-state index < -0.39 is 10.0 Å². The predicted molar refractivity (Wildman–Crippen MR) is 109 cm³/mol. The molecule has 2 heterocycles. The normalized spacial score (nSPS) is 14.2. The first-order valence-corrected chi connectivity index (χ1v) is 10.9. The van der Waals surface area contributed by atoms with Crippen molar-refractivity contribution < 1.29 is 8.42 Å². The molecular formula is C19H21N5O3S. The van der Waals surface area contributed by atoms with Gasteiger partial charge in [-0.25, -0.2) is 13.4 Å². The zero-order valence-corrected chi connectivity index (χ0v) is 16.5. The molecule has 0 unspecified atom stereocenters. The molecule has 0 saturated heterocycles. The Morgan fingerprint density at radius 2 is 2.00 bits per heavy atom. The molecule has 1 saturated carbocycles. The maximum atomic E-state index is 12.3. The van der Waals surface area contributed by atoms with Crippen LogP contribution >= 0.6 is 0 Å². The summed E-state index contributed by atoms with van der Waals surface area (Å²) in [5, 5.41) is 3.89. The monoisotopic (exact) mass is 399 g/mol. The van der Waals surface area contributed by atoms with Crippen molar-refractivity contribution >= 4 is 38.4 Å². The molecule has 0 radical (unpaired) electrons. The summed E-state index contributed by atoms with van der Waals surface area (Å²) >= 11 is 0. The molecule has 0 amide bonds. The quantitative estimate of drug-likeness (QED) is 0.660. The lowest BCUT2D eigenvalue weighted by molar-refractivity contribution is 0.607. The van der Waals surface area contributed by atoms with Crippen LogP contribution in [0.25, 0.3) is 11.0 Å². The molecule has 2 N–H and O–H groups in total. The number of fused-ring (bicyclic) bond motifs is 1. The second kappa shape index (κ2) is 6.90. The fourth-order valence-corrected chi connectivity index (χ4v) is 3.62. The van der Waals surface area contributed by atoms with Gasteiger partial charge in [-0.2, -0.15) is 4.98 Å². The van der Waals surface area contributed by atoms with Crippen molar-refractivity contribution in [2.75, 3.05) is 16.3 Å². The van der Waals surface area contributed by atoms with Gasteiger partial charge in [-0.3, -0.25) is 14.1 Å². The SMILES string of the molecule is Cc1ccc(Nc2ncc3ccc(=O)n(CC4CC4)c3n2)cc1NS(C)(=O)=O. The van der Waals surface area contributed by atoms with Gasteiger partial charge >= 0.3 is 0 Å². The maximum Gasteiger partial charge on any atom is 0.252 e. The van der Waals surface area contributed by atoms with E-state index in [1.54, 1.807) is 35.0 Å². The zero-order chi connectivity index (χ0) is 19.9.